The van der Waals surface area contributed by atoms with E-state index in [0.29, 0.717) is 0 Å². The largest absolute Gasteiger partial charge is 0.470 e. The molecule has 0 aromatic rings. The number of hydrazone groups is 1. The maximum absolute atomic E-state index is 12.3. The Bertz CT molecular complexity index is 365. The molecule has 1 saturated heterocycles. The molecule has 0 atom stereocenters. The third-order valence-corrected chi connectivity index (χ3v) is 2.62. The molecule has 1 N–H and O–H groups in total. The molecule has 0 spiro atoms. The van der Waals surface area contributed by atoms with Crippen LogP contribution in [0.2, 0.25) is 0 Å². The van der Waals surface area contributed by atoms with Gasteiger partial charge in [-0.2, -0.15) is 23.3 Å². The minimum absolute atomic E-state index is 0.225. The van der Waals surface area contributed by atoms with Crippen LogP contribution in [0.1, 0.15) is 0 Å². The number of carbonyl (C=O) groups is 1. The van der Waals surface area contributed by atoms with Crippen molar-refractivity contribution in [2.45, 2.75) is 6.18 Å². The van der Waals surface area contributed by atoms with Gasteiger partial charge in [-0.25, -0.2) is 4.79 Å². The number of rotatable bonds is 1. The molecule has 0 unspecified atom stereocenters. The molecule has 0 aromatic carbocycles. The molecular weight excluding hydrogens is 257 g/mol. The van der Waals surface area contributed by atoms with Crippen molar-refractivity contribution in [2.24, 2.45) is 5.10 Å². The SMILES string of the molecule is O=C(O)N1CCN(N2COC(C(F)(F)F)=N2)CC1. The van der Waals surface area contributed by atoms with Gasteiger partial charge in [-0.1, -0.05) is 0 Å². The summed E-state index contributed by atoms with van der Waals surface area (Å²) in [6.07, 6.45) is -5.63. The number of carboxylic acid groups (broad SMARTS) is 1. The zero-order valence-electron chi connectivity index (χ0n) is 9.22. The number of hydrogen-bond acceptors (Lipinski definition) is 5. The lowest BCUT2D eigenvalue weighted by atomic mass is 10.4. The maximum atomic E-state index is 12.3. The van der Waals surface area contributed by atoms with Gasteiger partial charge < -0.3 is 14.7 Å². The van der Waals surface area contributed by atoms with Crippen molar-refractivity contribution in [3.63, 3.8) is 0 Å². The minimum atomic E-state index is -4.60. The lowest BCUT2D eigenvalue weighted by Gasteiger charge is -2.35. The van der Waals surface area contributed by atoms with Crippen molar-refractivity contribution in [3.05, 3.63) is 0 Å². The van der Waals surface area contributed by atoms with E-state index in [0.717, 1.165) is 5.12 Å². The predicted octanol–water partition coefficient (Wildman–Crippen LogP) is 0.363. The van der Waals surface area contributed by atoms with Gasteiger partial charge in [0.1, 0.15) is 0 Å². The Hall–Kier alpha value is -1.71. The van der Waals surface area contributed by atoms with Crippen LogP contribution in [0.3, 0.4) is 0 Å². The summed E-state index contributed by atoms with van der Waals surface area (Å²) < 4.78 is 41.3. The topological polar surface area (TPSA) is 68.6 Å². The Morgan fingerprint density at radius 2 is 1.89 bits per heavy atom. The number of alkyl halides is 3. The summed E-state index contributed by atoms with van der Waals surface area (Å²) in [5, 5.41) is 14.6. The highest BCUT2D eigenvalue weighted by Gasteiger charge is 2.43. The van der Waals surface area contributed by atoms with Crippen molar-refractivity contribution in [2.75, 3.05) is 32.9 Å². The Morgan fingerprint density at radius 1 is 1.28 bits per heavy atom. The number of halogens is 3. The molecule has 1 fully saturated rings. The van der Waals surface area contributed by atoms with E-state index in [1.54, 1.807) is 0 Å². The first-order chi connectivity index (χ1) is 8.38. The van der Waals surface area contributed by atoms with Gasteiger partial charge in [0.15, 0.2) is 6.73 Å². The average molecular weight is 268 g/mol. The quantitative estimate of drug-likeness (QED) is 0.743. The summed E-state index contributed by atoms with van der Waals surface area (Å²) in [5.41, 5.74) is 0. The normalized spacial score (nSPS) is 21.8. The van der Waals surface area contributed by atoms with Crippen LogP contribution in [0.25, 0.3) is 0 Å². The van der Waals surface area contributed by atoms with Crippen molar-refractivity contribution >= 4 is 12.0 Å². The van der Waals surface area contributed by atoms with E-state index in [-0.39, 0.29) is 32.9 Å². The smallest absolute Gasteiger partial charge is 0.465 e. The molecule has 0 radical (unpaired) electrons. The van der Waals surface area contributed by atoms with Crippen LogP contribution in [0.5, 0.6) is 0 Å². The third-order valence-electron chi connectivity index (χ3n) is 2.62. The molecule has 10 heteroatoms. The summed E-state index contributed by atoms with van der Waals surface area (Å²) in [6, 6.07) is 0. The van der Waals surface area contributed by atoms with E-state index >= 15 is 0 Å². The lowest BCUT2D eigenvalue weighted by molar-refractivity contribution is -0.0869. The number of nitrogens with zero attached hydrogens (tertiary/aromatic N) is 4. The second kappa shape index (κ2) is 4.52. The number of ether oxygens (including phenoxy) is 1. The molecule has 2 aliphatic heterocycles. The molecule has 0 aromatic heterocycles. The van der Waals surface area contributed by atoms with E-state index in [4.69, 9.17) is 5.11 Å². The van der Waals surface area contributed by atoms with Crippen LogP contribution in [0.15, 0.2) is 5.10 Å². The Morgan fingerprint density at radius 3 is 2.33 bits per heavy atom. The van der Waals surface area contributed by atoms with Crippen molar-refractivity contribution in [1.82, 2.24) is 15.0 Å². The lowest BCUT2D eigenvalue weighted by Crippen LogP contribution is -2.52. The van der Waals surface area contributed by atoms with Gasteiger partial charge >= 0.3 is 18.2 Å². The highest BCUT2D eigenvalue weighted by Crippen LogP contribution is 2.23. The zero-order valence-corrected chi connectivity index (χ0v) is 9.22. The molecule has 0 bridgehead atoms. The molecule has 18 heavy (non-hydrogen) atoms. The minimum Gasteiger partial charge on any atom is -0.465 e. The number of hydrogen-bond donors (Lipinski definition) is 1. The standard InChI is InChI=1S/C8H11F3N4O3/c9-8(10,11)6-12-15(5-18-6)14-3-1-13(2-4-14)7(16)17/h1-5H2,(H,16,17). The van der Waals surface area contributed by atoms with E-state index in [1.165, 1.54) is 9.91 Å². The molecule has 1 amide bonds. The summed E-state index contributed by atoms with van der Waals surface area (Å²) >= 11 is 0. The second-order valence-electron chi connectivity index (χ2n) is 3.77. The van der Waals surface area contributed by atoms with Crippen LogP contribution < -0.4 is 0 Å². The molecule has 0 aliphatic carbocycles. The highest BCUT2D eigenvalue weighted by atomic mass is 19.4. The molecule has 0 saturated carbocycles. The van der Waals surface area contributed by atoms with Crippen molar-refractivity contribution in [3.8, 4) is 0 Å². The fraction of sp³-hybridized carbons (Fsp3) is 0.750. The monoisotopic (exact) mass is 268 g/mol. The summed E-state index contributed by atoms with van der Waals surface area (Å²) in [6.45, 7) is 0.710. The molecule has 2 rings (SSSR count). The zero-order chi connectivity index (χ0) is 13.3. The van der Waals surface area contributed by atoms with Gasteiger partial charge in [-0.3, -0.25) is 0 Å². The van der Waals surface area contributed by atoms with Gasteiger partial charge in [0.05, 0.1) is 0 Å². The number of hydrazine groups is 1. The molecule has 2 heterocycles. The van der Waals surface area contributed by atoms with E-state index in [9.17, 15) is 18.0 Å². The first kappa shape index (κ1) is 12.7. The fourth-order valence-electron chi connectivity index (χ4n) is 1.68. The second-order valence-corrected chi connectivity index (χ2v) is 3.77. The number of amides is 1. The number of piperazine rings is 1. The third kappa shape index (κ3) is 2.58. The average Bonchev–Trinajstić information content (AvgIpc) is 2.78. The van der Waals surface area contributed by atoms with Crippen LogP contribution in [0.4, 0.5) is 18.0 Å². The Labute approximate surface area is 100.0 Å². The van der Waals surface area contributed by atoms with Crippen LogP contribution >= 0.6 is 0 Å². The summed E-state index contributed by atoms with van der Waals surface area (Å²) in [5.74, 6) is -1.27. The molecule has 2 aliphatic rings. The van der Waals surface area contributed by atoms with Gasteiger partial charge in [-0.05, 0) is 0 Å². The van der Waals surface area contributed by atoms with Crippen LogP contribution in [-0.2, 0) is 4.74 Å². The van der Waals surface area contributed by atoms with Crippen LogP contribution in [-0.4, -0.2) is 71.2 Å². The predicted molar refractivity (Wildman–Crippen MR) is 52.5 cm³/mol. The van der Waals surface area contributed by atoms with Gasteiger partial charge in [0.25, 0.3) is 0 Å². The van der Waals surface area contributed by atoms with Gasteiger partial charge in [0, 0.05) is 26.2 Å². The van der Waals surface area contributed by atoms with E-state index < -0.39 is 18.2 Å². The van der Waals surface area contributed by atoms with Gasteiger partial charge in [-0.15, -0.1) is 5.10 Å². The van der Waals surface area contributed by atoms with E-state index in [2.05, 4.69) is 9.84 Å². The highest BCUT2D eigenvalue weighted by molar-refractivity contribution is 5.82. The maximum Gasteiger partial charge on any atom is 0.470 e. The summed E-state index contributed by atoms with van der Waals surface area (Å²) in [7, 11) is 0. The van der Waals surface area contributed by atoms with Crippen molar-refractivity contribution < 1.29 is 27.8 Å². The van der Waals surface area contributed by atoms with Crippen molar-refractivity contribution in [1.29, 1.82) is 0 Å². The Kier molecular flexibility index (Phi) is 3.20. The van der Waals surface area contributed by atoms with Crippen LogP contribution in [0, 0.1) is 0 Å². The molecular formula is C8H11F3N4O3. The van der Waals surface area contributed by atoms with Gasteiger partial charge in [0.2, 0.25) is 0 Å². The molecule has 7 nitrogen and oxygen atoms in total. The first-order valence-electron chi connectivity index (χ1n) is 5.17. The molecule has 102 valence electrons. The Balaban J connectivity index is 1.92. The first-order valence-corrected chi connectivity index (χ1v) is 5.17. The van der Waals surface area contributed by atoms with E-state index in [1.807, 2.05) is 0 Å². The summed E-state index contributed by atoms with van der Waals surface area (Å²) in [4.78, 5) is 11.9. The fourth-order valence-corrected chi connectivity index (χ4v) is 1.68.